The van der Waals surface area contributed by atoms with E-state index in [0.29, 0.717) is 0 Å². The summed E-state index contributed by atoms with van der Waals surface area (Å²) in [6.45, 7) is 0. The van der Waals surface area contributed by atoms with Crippen molar-refractivity contribution >= 4 is 21.9 Å². The molecule has 4 heteroatoms. The normalized spacial score (nSPS) is 9.82. The molecule has 0 amide bonds. The minimum atomic E-state index is 0.856. The van der Waals surface area contributed by atoms with Crippen molar-refractivity contribution in [3.63, 3.8) is 0 Å². The molecule has 17 heavy (non-hydrogen) atoms. The van der Waals surface area contributed by atoms with Crippen LogP contribution in [0, 0.1) is 10.8 Å². The molecular formula is C13H10N2O2. The molecule has 0 unspecified atom stereocenters. The highest BCUT2D eigenvalue weighted by Gasteiger charge is 2.06. The Morgan fingerprint density at radius 2 is 1.65 bits per heavy atom. The number of rotatable bonds is 1. The Morgan fingerprint density at radius 3 is 2.41 bits per heavy atom. The smallest absolute Gasteiger partial charge is 0.135 e. The van der Waals surface area contributed by atoms with Gasteiger partial charge in [0.1, 0.15) is 16.9 Å². The van der Waals surface area contributed by atoms with Crippen LogP contribution in [0.4, 0.5) is 0 Å². The van der Waals surface area contributed by atoms with Crippen LogP contribution in [-0.4, -0.2) is 7.11 Å². The van der Waals surface area contributed by atoms with Gasteiger partial charge in [-0.3, -0.25) is 0 Å². The number of methoxy groups -OCH3 is 1. The monoisotopic (exact) mass is 226 g/mol. The predicted molar refractivity (Wildman–Crippen MR) is 63.7 cm³/mol. The summed E-state index contributed by atoms with van der Waals surface area (Å²) in [6, 6.07) is 13.9. The highest BCUT2D eigenvalue weighted by Crippen LogP contribution is 2.30. The van der Waals surface area contributed by atoms with Crippen LogP contribution in [0.1, 0.15) is 0 Å². The van der Waals surface area contributed by atoms with Crippen LogP contribution in [0.25, 0.3) is 21.9 Å². The van der Waals surface area contributed by atoms with Crippen molar-refractivity contribution in [2.75, 3.05) is 7.11 Å². The van der Waals surface area contributed by atoms with Crippen LogP contribution in [0.15, 0.2) is 46.9 Å². The average Bonchev–Trinajstić information content (AvgIpc) is 2.78. The van der Waals surface area contributed by atoms with E-state index in [1.165, 1.54) is 0 Å². The van der Waals surface area contributed by atoms with Crippen LogP contribution in [-0.2, 0) is 0 Å². The van der Waals surface area contributed by atoms with Crippen LogP contribution >= 0.6 is 0 Å². The molecule has 1 aromatic heterocycles. The molecule has 0 atom stereocenters. The Balaban J connectivity index is 0.000000514. The van der Waals surface area contributed by atoms with Gasteiger partial charge >= 0.3 is 0 Å². The third-order valence-electron chi connectivity index (χ3n) is 2.58. The van der Waals surface area contributed by atoms with Gasteiger partial charge in [-0.2, -0.15) is 0 Å². The van der Waals surface area contributed by atoms with Crippen molar-refractivity contribution in [1.82, 2.24) is 0 Å². The number of hydrogen-bond acceptors (Lipinski definition) is 4. The molecule has 0 bridgehead atoms. The van der Waals surface area contributed by atoms with E-state index < -0.39 is 0 Å². The van der Waals surface area contributed by atoms with Gasteiger partial charge in [-0.05, 0) is 24.3 Å². The first kappa shape index (κ1) is 11.0. The van der Waals surface area contributed by atoms with Gasteiger partial charge in [0.05, 0.1) is 7.11 Å². The minimum absolute atomic E-state index is 0.856. The second-order valence-electron chi connectivity index (χ2n) is 3.46. The molecule has 3 rings (SSSR count). The number of fused-ring (bicyclic) bond motifs is 3. The standard InChI is InChI=1S/C13H10O2.N2/c1-14-9-6-7-13-11(8-9)10-4-2-3-5-12(10)15-13;1-2/h2-8H,1H3;. The van der Waals surface area contributed by atoms with E-state index >= 15 is 0 Å². The summed E-state index contributed by atoms with van der Waals surface area (Å²) in [6.07, 6.45) is 0. The number of ether oxygens (including phenoxy) is 1. The fourth-order valence-corrected chi connectivity index (χ4v) is 1.83. The Morgan fingerprint density at radius 1 is 0.941 bits per heavy atom. The van der Waals surface area contributed by atoms with Gasteiger partial charge in [-0.15, -0.1) is 0 Å². The summed E-state index contributed by atoms with van der Waals surface area (Å²) >= 11 is 0. The van der Waals surface area contributed by atoms with E-state index in [0.717, 1.165) is 27.7 Å². The fraction of sp³-hybridized carbons (Fsp3) is 0.0769. The number of benzene rings is 2. The van der Waals surface area contributed by atoms with Crippen LogP contribution < -0.4 is 4.74 Å². The molecule has 3 aromatic rings. The summed E-state index contributed by atoms with van der Waals surface area (Å²) in [5.74, 6) is 0.856. The Bertz CT molecular complexity index is 671. The zero-order valence-corrected chi connectivity index (χ0v) is 9.25. The van der Waals surface area contributed by atoms with Gasteiger partial charge in [-0.1, -0.05) is 18.2 Å². The van der Waals surface area contributed by atoms with Gasteiger partial charge in [0.25, 0.3) is 0 Å². The Hall–Kier alpha value is -2.54. The first-order valence-electron chi connectivity index (χ1n) is 5.04. The summed E-state index contributed by atoms with van der Waals surface area (Å²) in [5.41, 5.74) is 1.82. The lowest BCUT2D eigenvalue weighted by atomic mass is 10.1. The number of furan rings is 1. The molecule has 0 N–H and O–H groups in total. The predicted octanol–water partition coefficient (Wildman–Crippen LogP) is 3.62. The fourth-order valence-electron chi connectivity index (χ4n) is 1.83. The highest BCUT2D eigenvalue weighted by molar-refractivity contribution is 6.05. The third-order valence-corrected chi connectivity index (χ3v) is 2.58. The molecule has 0 fully saturated rings. The molecule has 0 spiro atoms. The van der Waals surface area contributed by atoms with Crippen LogP contribution in [0.2, 0.25) is 0 Å². The maximum Gasteiger partial charge on any atom is 0.135 e. The van der Waals surface area contributed by atoms with Crippen LogP contribution in [0.3, 0.4) is 0 Å². The zero-order chi connectivity index (χ0) is 12.3. The van der Waals surface area contributed by atoms with Crippen molar-refractivity contribution in [1.29, 1.82) is 10.8 Å². The summed E-state index contributed by atoms with van der Waals surface area (Å²) in [5, 5.41) is 14.2. The summed E-state index contributed by atoms with van der Waals surface area (Å²) in [4.78, 5) is 0. The molecule has 0 saturated heterocycles. The SMILES string of the molecule is COc1ccc2oc3ccccc3c2c1.N#N. The van der Waals surface area contributed by atoms with Crippen LogP contribution in [0.5, 0.6) is 5.75 Å². The molecule has 0 aliphatic carbocycles. The van der Waals surface area contributed by atoms with Gasteiger partial charge in [0, 0.05) is 21.6 Å². The van der Waals surface area contributed by atoms with Gasteiger partial charge in [-0.25, -0.2) is 0 Å². The molecule has 2 aromatic carbocycles. The first-order chi connectivity index (χ1) is 8.38. The molecule has 1 heterocycles. The van der Waals surface area contributed by atoms with E-state index in [9.17, 15) is 0 Å². The van der Waals surface area contributed by atoms with Gasteiger partial charge in [0.2, 0.25) is 0 Å². The number of hydrogen-bond donors (Lipinski definition) is 0. The van der Waals surface area contributed by atoms with Crippen molar-refractivity contribution in [3.05, 3.63) is 42.5 Å². The lowest BCUT2D eigenvalue weighted by Gasteiger charge is -1.97. The highest BCUT2D eigenvalue weighted by atomic mass is 16.5. The van der Waals surface area contributed by atoms with E-state index in [1.807, 2.05) is 36.4 Å². The van der Waals surface area contributed by atoms with Crippen molar-refractivity contribution in [2.24, 2.45) is 0 Å². The molecule has 84 valence electrons. The van der Waals surface area contributed by atoms with Gasteiger partial charge < -0.3 is 9.15 Å². The maximum absolute atomic E-state index is 6.00. The molecule has 0 aliphatic heterocycles. The topological polar surface area (TPSA) is 69.9 Å². The molecule has 0 aliphatic rings. The first-order valence-corrected chi connectivity index (χ1v) is 5.04. The molecule has 0 saturated carbocycles. The van der Waals surface area contributed by atoms with E-state index in [-0.39, 0.29) is 0 Å². The van der Waals surface area contributed by atoms with Gasteiger partial charge in [0.15, 0.2) is 0 Å². The quantitative estimate of drug-likeness (QED) is 0.594. The second kappa shape index (κ2) is 4.54. The summed E-state index contributed by atoms with van der Waals surface area (Å²) in [7, 11) is 1.67. The summed E-state index contributed by atoms with van der Waals surface area (Å²) < 4.78 is 10.9. The average molecular weight is 226 g/mol. The van der Waals surface area contributed by atoms with E-state index in [2.05, 4.69) is 6.07 Å². The van der Waals surface area contributed by atoms with Crippen molar-refractivity contribution < 1.29 is 9.15 Å². The van der Waals surface area contributed by atoms with Crippen molar-refractivity contribution in [2.45, 2.75) is 0 Å². The number of nitrogens with zero attached hydrogens (tertiary/aromatic N) is 2. The molecule has 0 radical (unpaired) electrons. The van der Waals surface area contributed by atoms with E-state index in [1.54, 1.807) is 7.11 Å². The Labute approximate surface area is 97.8 Å². The Kier molecular flexibility index (Phi) is 2.93. The van der Waals surface area contributed by atoms with Crippen molar-refractivity contribution in [3.8, 4) is 5.75 Å². The molecule has 4 nitrogen and oxygen atoms in total. The van der Waals surface area contributed by atoms with E-state index in [4.69, 9.17) is 19.9 Å². The lowest BCUT2D eigenvalue weighted by Crippen LogP contribution is -1.80. The molecular weight excluding hydrogens is 216 g/mol. The maximum atomic E-state index is 6.00. The minimum Gasteiger partial charge on any atom is -0.497 e. The largest absolute Gasteiger partial charge is 0.497 e. The second-order valence-corrected chi connectivity index (χ2v) is 3.46. The number of para-hydroxylation sites is 1. The third kappa shape index (κ3) is 1.79. The lowest BCUT2D eigenvalue weighted by molar-refractivity contribution is 0.415. The zero-order valence-electron chi connectivity index (χ0n) is 9.25.